The Morgan fingerprint density at radius 1 is 1.39 bits per heavy atom. The van der Waals surface area contributed by atoms with Crippen LogP contribution >= 0.6 is 31.9 Å². The summed E-state index contributed by atoms with van der Waals surface area (Å²) >= 11 is 6.67. The van der Waals surface area contributed by atoms with Gasteiger partial charge in [-0.3, -0.25) is 4.79 Å². The molecule has 0 aliphatic heterocycles. The van der Waals surface area contributed by atoms with Gasteiger partial charge in [0.15, 0.2) is 0 Å². The Labute approximate surface area is 125 Å². The average Bonchev–Trinajstić information content (AvgIpc) is 2.33. The SMILES string of the molecule is Cc1cc(Br)ccc1C(=O)NCCCOCCBr. The van der Waals surface area contributed by atoms with Crippen molar-refractivity contribution >= 4 is 37.8 Å². The summed E-state index contributed by atoms with van der Waals surface area (Å²) in [5.74, 6) is -0.0273. The monoisotopic (exact) mass is 377 g/mol. The summed E-state index contributed by atoms with van der Waals surface area (Å²) in [4.78, 5) is 11.9. The molecule has 0 aromatic heterocycles. The maximum absolute atomic E-state index is 11.9. The van der Waals surface area contributed by atoms with Crippen LogP contribution in [-0.4, -0.2) is 31.0 Å². The third kappa shape index (κ3) is 5.50. The van der Waals surface area contributed by atoms with Crippen molar-refractivity contribution in [1.29, 1.82) is 0 Å². The molecule has 0 bridgehead atoms. The molecule has 1 rings (SSSR count). The van der Waals surface area contributed by atoms with E-state index in [1.807, 2.05) is 25.1 Å². The van der Waals surface area contributed by atoms with Gasteiger partial charge in [0.25, 0.3) is 5.91 Å². The zero-order chi connectivity index (χ0) is 13.4. The van der Waals surface area contributed by atoms with Gasteiger partial charge in [0.2, 0.25) is 0 Å². The highest BCUT2D eigenvalue weighted by Crippen LogP contribution is 2.15. The fraction of sp³-hybridized carbons (Fsp3) is 0.462. The van der Waals surface area contributed by atoms with Crippen LogP contribution < -0.4 is 5.32 Å². The number of alkyl halides is 1. The second-order valence-electron chi connectivity index (χ2n) is 3.87. The molecule has 0 radical (unpaired) electrons. The summed E-state index contributed by atoms with van der Waals surface area (Å²) in [6, 6.07) is 5.64. The number of amides is 1. The molecule has 100 valence electrons. The molecule has 0 unspecified atom stereocenters. The van der Waals surface area contributed by atoms with Crippen LogP contribution in [-0.2, 0) is 4.74 Å². The zero-order valence-electron chi connectivity index (χ0n) is 10.3. The van der Waals surface area contributed by atoms with Gasteiger partial charge in [0.05, 0.1) is 6.61 Å². The molecular formula is C13H17Br2NO2. The van der Waals surface area contributed by atoms with E-state index in [9.17, 15) is 4.79 Å². The fourth-order valence-corrected chi connectivity index (χ4v) is 2.21. The Kier molecular flexibility index (Phi) is 7.54. The smallest absolute Gasteiger partial charge is 0.251 e. The highest BCUT2D eigenvalue weighted by Gasteiger charge is 2.07. The van der Waals surface area contributed by atoms with Crippen LogP contribution in [0.3, 0.4) is 0 Å². The topological polar surface area (TPSA) is 38.3 Å². The van der Waals surface area contributed by atoms with E-state index in [0.717, 1.165) is 27.4 Å². The summed E-state index contributed by atoms with van der Waals surface area (Å²) < 4.78 is 6.29. The molecule has 0 aliphatic carbocycles. The van der Waals surface area contributed by atoms with E-state index in [-0.39, 0.29) is 5.91 Å². The molecule has 1 amide bonds. The van der Waals surface area contributed by atoms with Gasteiger partial charge < -0.3 is 10.1 Å². The van der Waals surface area contributed by atoms with Crippen molar-refractivity contribution in [2.75, 3.05) is 25.1 Å². The number of halogens is 2. The number of carbonyl (C=O) groups is 1. The van der Waals surface area contributed by atoms with E-state index in [4.69, 9.17) is 4.74 Å². The minimum atomic E-state index is -0.0273. The van der Waals surface area contributed by atoms with Gasteiger partial charge in [-0.15, -0.1) is 0 Å². The standard InChI is InChI=1S/C13H17Br2NO2/c1-10-9-11(15)3-4-12(10)13(17)16-6-2-7-18-8-5-14/h3-4,9H,2,5-8H2,1H3,(H,16,17). The van der Waals surface area contributed by atoms with E-state index >= 15 is 0 Å². The zero-order valence-corrected chi connectivity index (χ0v) is 13.5. The van der Waals surface area contributed by atoms with Crippen molar-refractivity contribution in [3.05, 3.63) is 33.8 Å². The van der Waals surface area contributed by atoms with Crippen molar-refractivity contribution in [2.45, 2.75) is 13.3 Å². The number of benzene rings is 1. The number of aryl methyl sites for hydroxylation is 1. The maximum Gasteiger partial charge on any atom is 0.251 e. The summed E-state index contributed by atoms with van der Waals surface area (Å²) in [5.41, 5.74) is 1.69. The van der Waals surface area contributed by atoms with Crippen molar-refractivity contribution < 1.29 is 9.53 Å². The molecule has 3 nitrogen and oxygen atoms in total. The molecular weight excluding hydrogens is 362 g/mol. The van der Waals surface area contributed by atoms with Crippen LogP contribution in [0.1, 0.15) is 22.3 Å². The van der Waals surface area contributed by atoms with E-state index in [0.29, 0.717) is 19.8 Å². The molecule has 0 atom stereocenters. The molecule has 1 N–H and O–H groups in total. The first-order chi connectivity index (χ1) is 8.65. The Balaban J connectivity index is 2.32. The minimum Gasteiger partial charge on any atom is -0.381 e. The van der Waals surface area contributed by atoms with Gasteiger partial charge in [-0.25, -0.2) is 0 Å². The number of rotatable bonds is 7. The van der Waals surface area contributed by atoms with E-state index < -0.39 is 0 Å². The summed E-state index contributed by atoms with van der Waals surface area (Å²) in [5, 5.41) is 3.73. The summed E-state index contributed by atoms with van der Waals surface area (Å²) in [6.07, 6.45) is 0.828. The quantitative estimate of drug-likeness (QED) is 0.584. The second-order valence-corrected chi connectivity index (χ2v) is 5.58. The molecule has 0 spiro atoms. The number of ether oxygens (including phenoxy) is 1. The molecule has 5 heteroatoms. The third-order valence-corrected chi connectivity index (χ3v) is 3.22. The van der Waals surface area contributed by atoms with E-state index in [1.165, 1.54) is 0 Å². The number of nitrogens with one attached hydrogen (secondary N) is 1. The average molecular weight is 379 g/mol. The van der Waals surface area contributed by atoms with Gasteiger partial charge in [-0.05, 0) is 37.1 Å². The summed E-state index contributed by atoms with van der Waals surface area (Å²) in [7, 11) is 0. The normalized spacial score (nSPS) is 10.4. The van der Waals surface area contributed by atoms with Gasteiger partial charge in [-0.2, -0.15) is 0 Å². The molecule has 1 aromatic carbocycles. The van der Waals surface area contributed by atoms with Crippen molar-refractivity contribution in [3.8, 4) is 0 Å². The lowest BCUT2D eigenvalue weighted by atomic mass is 10.1. The first kappa shape index (κ1) is 15.7. The van der Waals surface area contributed by atoms with Crippen LogP contribution in [0.4, 0.5) is 0 Å². The molecule has 0 aliphatic rings. The first-order valence-corrected chi connectivity index (χ1v) is 7.74. The van der Waals surface area contributed by atoms with E-state index in [1.54, 1.807) is 0 Å². The number of hydrogen-bond acceptors (Lipinski definition) is 2. The molecule has 0 saturated heterocycles. The van der Waals surface area contributed by atoms with Gasteiger partial charge in [-0.1, -0.05) is 31.9 Å². The Morgan fingerprint density at radius 3 is 2.83 bits per heavy atom. The molecule has 0 heterocycles. The summed E-state index contributed by atoms with van der Waals surface area (Å²) in [6.45, 7) is 3.94. The Morgan fingerprint density at radius 2 is 2.17 bits per heavy atom. The van der Waals surface area contributed by atoms with Crippen molar-refractivity contribution in [2.24, 2.45) is 0 Å². The lowest BCUT2D eigenvalue weighted by Crippen LogP contribution is -2.26. The van der Waals surface area contributed by atoms with Crippen LogP contribution in [0.25, 0.3) is 0 Å². The van der Waals surface area contributed by atoms with Gasteiger partial charge in [0, 0.05) is 28.5 Å². The molecule has 1 aromatic rings. The van der Waals surface area contributed by atoms with Crippen LogP contribution in [0, 0.1) is 6.92 Å². The third-order valence-electron chi connectivity index (χ3n) is 2.41. The maximum atomic E-state index is 11.9. The predicted molar refractivity (Wildman–Crippen MR) is 80.4 cm³/mol. The van der Waals surface area contributed by atoms with Crippen molar-refractivity contribution in [3.63, 3.8) is 0 Å². The highest BCUT2D eigenvalue weighted by atomic mass is 79.9. The fourth-order valence-electron chi connectivity index (χ4n) is 1.51. The predicted octanol–water partition coefficient (Wildman–Crippen LogP) is 3.29. The largest absolute Gasteiger partial charge is 0.381 e. The second kappa shape index (κ2) is 8.67. The van der Waals surface area contributed by atoms with Crippen molar-refractivity contribution in [1.82, 2.24) is 5.32 Å². The van der Waals surface area contributed by atoms with Gasteiger partial charge in [0.1, 0.15) is 0 Å². The number of carbonyl (C=O) groups excluding carboxylic acids is 1. The minimum absolute atomic E-state index is 0.0273. The molecule has 0 saturated carbocycles. The lowest BCUT2D eigenvalue weighted by Gasteiger charge is -2.08. The first-order valence-electron chi connectivity index (χ1n) is 5.83. The molecule has 0 fully saturated rings. The molecule has 18 heavy (non-hydrogen) atoms. The lowest BCUT2D eigenvalue weighted by molar-refractivity contribution is 0.0944. The number of hydrogen-bond donors (Lipinski definition) is 1. The van der Waals surface area contributed by atoms with Gasteiger partial charge >= 0.3 is 0 Å². The van der Waals surface area contributed by atoms with Crippen LogP contribution in [0.2, 0.25) is 0 Å². The highest BCUT2D eigenvalue weighted by molar-refractivity contribution is 9.10. The van der Waals surface area contributed by atoms with Crippen LogP contribution in [0.15, 0.2) is 22.7 Å². The Bertz CT molecular complexity index is 397. The van der Waals surface area contributed by atoms with Crippen LogP contribution in [0.5, 0.6) is 0 Å². The Hall–Kier alpha value is -0.390. The van der Waals surface area contributed by atoms with E-state index in [2.05, 4.69) is 37.2 Å².